The molecule has 0 aromatic heterocycles. The molecule has 1 heterocycles. The Hall–Kier alpha value is -2.14. The van der Waals surface area contributed by atoms with E-state index in [0.29, 0.717) is 12.1 Å². The lowest BCUT2D eigenvalue weighted by Crippen LogP contribution is -2.35. The molecule has 0 spiro atoms. The first-order chi connectivity index (χ1) is 10.5. The van der Waals surface area contributed by atoms with Crippen LogP contribution in [0.5, 0.6) is 0 Å². The van der Waals surface area contributed by atoms with Gasteiger partial charge in [-0.1, -0.05) is 24.3 Å². The van der Waals surface area contributed by atoms with Crippen LogP contribution >= 0.6 is 0 Å². The van der Waals surface area contributed by atoms with Crippen LogP contribution in [0.15, 0.2) is 53.4 Å². The summed E-state index contributed by atoms with van der Waals surface area (Å²) in [4.78, 5) is 14.7. The van der Waals surface area contributed by atoms with Crippen molar-refractivity contribution in [3.63, 3.8) is 0 Å². The van der Waals surface area contributed by atoms with E-state index < -0.39 is 9.84 Å². The summed E-state index contributed by atoms with van der Waals surface area (Å²) in [6.07, 6.45) is 3.02. The van der Waals surface area contributed by atoms with Gasteiger partial charge in [0.25, 0.3) is 5.91 Å². The van der Waals surface area contributed by atoms with Gasteiger partial charge < -0.3 is 4.90 Å². The number of hydrogen-bond acceptors (Lipinski definition) is 3. The number of carbonyl (C=O) groups is 1. The number of rotatable bonds is 2. The highest BCUT2D eigenvalue weighted by Gasteiger charge is 2.23. The number of para-hydroxylation sites is 1. The molecular weight excluding hydrogens is 298 g/mol. The summed E-state index contributed by atoms with van der Waals surface area (Å²) in [6.45, 7) is 0.652. The fraction of sp³-hybridized carbons (Fsp3) is 0.235. The van der Waals surface area contributed by atoms with Crippen LogP contribution in [-0.4, -0.2) is 27.1 Å². The number of sulfone groups is 1. The molecule has 2 aromatic carbocycles. The van der Waals surface area contributed by atoms with Crippen molar-refractivity contribution in [2.75, 3.05) is 17.7 Å². The van der Waals surface area contributed by atoms with Gasteiger partial charge in [-0.2, -0.15) is 0 Å². The highest BCUT2D eigenvalue weighted by atomic mass is 32.2. The van der Waals surface area contributed by atoms with Crippen molar-refractivity contribution in [1.82, 2.24) is 0 Å². The van der Waals surface area contributed by atoms with Gasteiger partial charge in [0.15, 0.2) is 9.84 Å². The zero-order valence-electron chi connectivity index (χ0n) is 12.3. The molecule has 2 aromatic rings. The summed E-state index contributed by atoms with van der Waals surface area (Å²) in [5.41, 5.74) is 2.48. The van der Waals surface area contributed by atoms with E-state index in [1.54, 1.807) is 17.0 Å². The molecule has 1 aliphatic rings. The molecular formula is C17H17NO3S. The average Bonchev–Trinajstić information content (AvgIpc) is 2.53. The van der Waals surface area contributed by atoms with Gasteiger partial charge in [-0.15, -0.1) is 0 Å². The van der Waals surface area contributed by atoms with Crippen molar-refractivity contribution in [3.05, 3.63) is 59.7 Å². The van der Waals surface area contributed by atoms with Crippen molar-refractivity contribution < 1.29 is 13.2 Å². The number of aryl methyl sites for hydroxylation is 1. The van der Waals surface area contributed by atoms with Gasteiger partial charge in [-0.3, -0.25) is 4.79 Å². The Balaban J connectivity index is 1.99. The normalized spacial score (nSPS) is 14.5. The Labute approximate surface area is 130 Å². The second-order valence-electron chi connectivity index (χ2n) is 5.49. The van der Waals surface area contributed by atoms with Gasteiger partial charge in [0, 0.05) is 24.1 Å². The molecule has 0 atom stereocenters. The van der Waals surface area contributed by atoms with Gasteiger partial charge in [-0.25, -0.2) is 8.42 Å². The largest absolute Gasteiger partial charge is 0.308 e. The van der Waals surface area contributed by atoms with E-state index in [2.05, 4.69) is 0 Å². The van der Waals surface area contributed by atoms with E-state index in [1.165, 1.54) is 12.1 Å². The highest BCUT2D eigenvalue weighted by molar-refractivity contribution is 7.90. The van der Waals surface area contributed by atoms with Crippen LogP contribution in [-0.2, 0) is 16.3 Å². The molecule has 0 N–H and O–H groups in total. The molecule has 0 fully saturated rings. The van der Waals surface area contributed by atoms with Crippen molar-refractivity contribution in [1.29, 1.82) is 0 Å². The van der Waals surface area contributed by atoms with Crippen molar-refractivity contribution in [2.45, 2.75) is 17.7 Å². The van der Waals surface area contributed by atoms with Gasteiger partial charge in [0.1, 0.15) is 0 Å². The lowest BCUT2D eigenvalue weighted by Gasteiger charge is -2.29. The quantitative estimate of drug-likeness (QED) is 0.856. The third-order valence-electron chi connectivity index (χ3n) is 3.86. The first-order valence-corrected chi connectivity index (χ1v) is 9.06. The lowest BCUT2D eigenvalue weighted by molar-refractivity contribution is 0.0985. The molecule has 114 valence electrons. The summed E-state index contributed by atoms with van der Waals surface area (Å²) in [6, 6.07) is 14.1. The van der Waals surface area contributed by atoms with Crippen LogP contribution in [0, 0.1) is 0 Å². The van der Waals surface area contributed by atoms with E-state index in [-0.39, 0.29) is 10.8 Å². The number of amides is 1. The topological polar surface area (TPSA) is 54.5 Å². The molecule has 1 amide bonds. The summed E-state index contributed by atoms with van der Waals surface area (Å²) < 4.78 is 23.3. The lowest BCUT2D eigenvalue weighted by atomic mass is 10.0. The Bertz CT molecular complexity index is 827. The second-order valence-corrected chi connectivity index (χ2v) is 7.50. The number of nitrogens with zero attached hydrogens (tertiary/aromatic N) is 1. The average molecular weight is 315 g/mol. The van der Waals surface area contributed by atoms with Crippen molar-refractivity contribution >= 4 is 21.4 Å². The first-order valence-electron chi connectivity index (χ1n) is 7.17. The van der Waals surface area contributed by atoms with E-state index in [4.69, 9.17) is 0 Å². The maximum absolute atomic E-state index is 12.8. The SMILES string of the molecule is CS(=O)(=O)c1cccc(C(=O)N2CCCc3ccccc32)c1. The third kappa shape index (κ3) is 2.76. The number of carbonyl (C=O) groups excluding carboxylic acids is 1. The highest BCUT2D eigenvalue weighted by Crippen LogP contribution is 2.28. The standard InChI is InChI=1S/C17H17NO3S/c1-22(20,21)15-9-4-7-14(12-15)17(19)18-11-5-8-13-6-2-3-10-16(13)18/h2-4,6-7,9-10,12H,5,8,11H2,1H3. The Morgan fingerprint density at radius 2 is 1.86 bits per heavy atom. The first kappa shape index (κ1) is 14.8. The number of fused-ring (bicyclic) bond motifs is 1. The third-order valence-corrected chi connectivity index (χ3v) is 4.97. The molecule has 4 nitrogen and oxygen atoms in total. The molecule has 0 radical (unpaired) electrons. The van der Waals surface area contributed by atoms with E-state index in [1.807, 2.05) is 24.3 Å². The van der Waals surface area contributed by atoms with Crippen LogP contribution in [0.4, 0.5) is 5.69 Å². The molecule has 0 unspecified atom stereocenters. The fourth-order valence-electron chi connectivity index (χ4n) is 2.76. The Kier molecular flexibility index (Phi) is 3.74. The van der Waals surface area contributed by atoms with Gasteiger partial charge in [-0.05, 0) is 42.7 Å². The molecule has 0 saturated carbocycles. The minimum Gasteiger partial charge on any atom is -0.308 e. The van der Waals surface area contributed by atoms with E-state index >= 15 is 0 Å². The molecule has 22 heavy (non-hydrogen) atoms. The summed E-state index contributed by atoms with van der Waals surface area (Å²) in [7, 11) is -3.32. The number of anilines is 1. The minimum atomic E-state index is -3.32. The maximum Gasteiger partial charge on any atom is 0.258 e. The van der Waals surface area contributed by atoms with Gasteiger partial charge in [0.2, 0.25) is 0 Å². The molecule has 3 rings (SSSR count). The van der Waals surface area contributed by atoms with Crippen LogP contribution in [0.3, 0.4) is 0 Å². The van der Waals surface area contributed by atoms with Crippen molar-refractivity contribution in [2.24, 2.45) is 0 Å². The summed E-state index contributed by atoms with van der Waals surface area (Å²) >= 11 is 0. The van der Waals surface area contributed by atoms with Crippen LogP contribution in [0.2, 0.25) is 0 Å². The number of benzene rings is 2. The zero-order valence-corrected chi connectivity index (χ0v) is 13.1. The molecule has 0 aliphatic carbocycles. The van der Waals surface area contributed by atoms with Crippen LogP contribution in [0.1, 0.15) is 22.3 Å². The smallest absolute Gasteiger partial charge is 0.258 e. The van der Waals surface area contributed by atoms with Crippen molar-refractivity contribution in [3.8, 4) is 0 Å². The maximum atomic E-state index is 12.8. The number of hydrogen-bond donors (Lipinski definition) is 0. The fourth-order valence-corrected chi connectivity index (χ4v) is 3.43. The van der Waals surface area contributed by atoms with Gasteiger partial charge >= 0.3 is 0 Å². The molecule has 0 saturated heterocycles. The van der Waals surface area contributed by atoms with E-state index in [0.717, 1.165) is 30.3 Å². The molecule has 0 bridgehead atoms. The monoisotopic (exact) mass is 315 g/mol. The Morgan fingerprint density at radius 3 is 2.64 bits per heavy atom. The van der Waals surface area contributed by atoms with Gasteiger partial charge in [0.05, 0.1) is 4.90 Å². The van der Waals surface area contributed by atoms with Crippen LogP contribution < -0.4 is 4.90 Å². The predicted molar refractivity (Wildman–Crippen MR) is 86.0 cm³/mol. The summed E-state index contributed by atoms with van der Waals surface area (Å²) in [5, 5.41) is 0. The Morgan fingerprint density at radius 1 is 1.09 bits per heavy atom. The predicted octanol–water partition coefficient (Wildman–Crippen LogP) is 2.68. The minimum absolute atomic E-state index is 0.155. The molecule has 1 aliphatic heterocycles. The van der Waals surface area contributed by atoms with E-state index in [9.17, 15) is 13.2 Å². The summed E-state index contributed by atoms with van der Waals surface area (Å²) in [5.74, 6) is -0.155. The second kappa shape index (κ2) is 5.57. The van der Waals surface area contributed by atoms with Crippen LogP contribution in [0.25, 0.3) is 0 Å². The molecule has 5 heteroatoms. The zero-order chi connectivity index (χ0) is 15.7.